The molecular weight excluding hydrogens is 1230 g/mol. The molecule has 17 nitrogen and oxygen atoms in total. The monoisotopic (exact) mass is 1380 g/mol. The van der Waals surface area contributed by atoms with Gasteiger partial charge in [-0.05, 0) is 31.6 Å². The zero-order chi connectivity index (χ0) is 69.1. The third kappa shape index (κ3) is 68.6. The summed E-state index contributed by atoms with van der Waals surface area (Å²) in [4.78, 5) is 72.6. The van der Waals surface area contributed by atoms with Crippen LogP contribution in [0.3, 0.4) is 0 Å². The highest BCUT2D eigenvalue weighted by Gasteiger charge is 2.30. The van der Waals surface area contributed by atoms with Crippen molar-refractivity contribution in [3.8, 4) is 0 Å². The molecule has 0 rings (SSSR count). The summed E-state index contributed by atoms with van der Waals surface area (Å²) in [6, 6.07) is 0. The number of esters is 4. The summed E-state index contributed by atoms with van der Waals surface area (Å²) in [6.07, 6.45) is 56.9. The molecule has 0 aliphatic heterocycles. The van der Waals surface area contributed by atoms with Gasteiger partial charge in [-0.15, -0.1) is 0 Å². The van der Waals surface area contributed by atoms with Crippen molar-refractivity contribution < 1.29 is 80.2 Å². The van der Waals surface area contributed by atoms with Crippen molar-refractivity contribution in [3.63, 3.8) is 0 Å². The number of aliphatic hydroxyl groups excluding tert-OH is 1. The second-order valence-electron chi connectivity index (χ2n) is 27.5. The van der Waals surface area contributed by atoms with Gasteiger partial charge in [0.2, 0.25) is 0 Å². The molecule has 0 amide bonds. The molecule has 0 aliphatic carbocycles. The zero-order valence-corrected chi connectivity index (χ0v) is 62.9. The van der Waals surface area contributed by atoms with Crippen LogP contribution >= 0.6 is 15.6 Å². The minimum atomic E-state index is -4.96. The second kappa shape index (κ2) is 68.2. The highest BCUT2D eigenvalue weighted by Crippen LogP contribution is 2.45. The molecule has 19 heteroatoms. The summed E-state index contributed by atoms with van der Waals surface area (Å²) in [5.41, 5.74) is 0. The van der Waals surface area contributed by atoms with Gasteiger partial charge in [0.05, 0.1) is 26.4 Å². The summed E-state index contributed by atoms with van der Waals surface area (Å²) in [5, 5.41) is 10.6. The molecule has 0 heterocycles. The molecule has 0 aromatic rings. The topological polar surface area (TPSA) is 237 Å². The quantitative estimate of drug-likeness (QED) is 0.0222. The van der Waals surface area contributed by atoms with Gasteiger partial charge in [0, 0.05) is 25.7 Å². The average molecular weight is 1380 g/mol. The minimum absolute atomic E-state index is 0.107. The number of rotatable bonds is 75. The van der Waals surface area contributed by atoms with Crippen molar-refractivity contribution >= 4 is 39.5 Å². The number of phosphoric ester groups is 2. The largest absolute Gasteiger partial charge is 0.472 e. The average Bonchev–Trinajstić information content (AvgIpc) is 1.43. The van der Waals surface area contributed by atoms with E-state index in [0.29, 0.717) is 25.7 Å². The first kappa shape index (κ1) is 92.1. The SMILES string of the molecule is CCCCCCCCCCCCCCCCCCCCCC(=O)O[C@H](COC(=O)CCCCCCCCCCCCCCCC(C)C)COP(=O)(O)OC[C@@H](O)COP(=O)(O)OC[C@@H](COC(=O)CCCCCCCCCC)OC(=O)CCCCCCCCCCCCC. The van der Waals surface area contributed by atoms with Crippen molar-refractivity contribution in [3.05, 3.63) is 0 Å². The van der Waals surface area contributed by atoms with Crippen LogP contribution in [-0.4, -0.2) is 96.7 Å². The fourth-order valence-corrected chi connectivity index (χ4v) is 13.1. The lowest BCUT2D eigenvalue weighted by Gasteiger charge is -2.21. The number of hydrogen-bond acceptors (Lipinski definition) is 15. The molecule has 0 aromatic carbocycles. The first-order valence-corrected chi connectivity index (χ1v) is 42.1. The van der Waals surface area contributed by atoms with Gasteiger partial charge >= 0.3 is 39.5 Å². The predicted octanol–water partition coefficient (Wildman–Crippen LogP) is 22.1. The molecule has 94 heavy (non-hydrogen) atoms. The lowest BCUT2D eigenvalue weighted by atomic mass is 10.0. The van der Waals surface area contributed by atoms with Crippen LogP contribution < -0.4 is 0 Å². The molecule has 0 fully saturated rings. The van der Waals surface area contributed by atoms with Crippen molar-refractivity contribution in [2.75, 3.05) is 39.6 Å². The molecule has 0 saturated carbocycles. The fraction of sp³-hybridized carbons (Fsp3) is 0.947. The van der Waals surface area contributed by atoms with E-state index in [1.165, 1.54) is 212 Å². The van der Waals surface area contributed by atoms with Gasteiger partial charge in [0.1, 0.15) is 19.3 Å². The molecule has 0 aromatic heterocycles. The van der Waals surface area contributed by atoms with Crippen LogP contribution in [0.2, 0.25) is 0 Å². The molecule has 0 saturated heterocycles. The van der Waals surface area contributed by atoms with E-state index in [1.807, 2.05) is 0 Å². The van der Waals surface area contributed by atoms with Crippen molar-refractivity contribution in [1.82, 2.24) is 0 Å². The number of unbranched alkanes of at least 4 members (excludes halogenated alkanes) is 47. The van der Waals surface area contributed by atoms with E-state index in [9.17, 15) is 43.2 Å². The lowest BCUT2D eigenvalue weighted by molar-refractivity contribution is -0.161. The minimum Gasteiger partial charge on any atom is -0.462 e. The zero-order valence-electron chi connectivity index (χ0n) is 61.1. The summed E-state index contributed by atoms with van der Waals surface area (Å²) in [5.74, 6) is -1.33. The Morgan fingerprint density at radius 3 is 0.723 bits per heavy atom. The molecule has 2 unspecified atom stereocenters. The number of aliphatic hydroxyl groups is 1. The molecule has 0 bridgehead atoms. The number of ether oxygens (including phenoxy) is 4. The van der Waals surface area contributed by atoms with Gasteiger partial charge in [-0.25, -0.2) is 9.13 Å². The maximum Gasteiger partial charge on any atom is 0.472 e. The molecule has 0 aliphatic rings. The van der Waals surface area contributed by atoms with Gasteiger partial charge in [-0.3, -0.25) is 37.3 Å². The number of phosphoric acid groups is 2. The summed E-state index contributed by atoms with van der Waals surface area (Å²) in [7, 11) is -9.90. The highest BCUT2D eigenvalue weighted by molar-refractivity contribution is 7.47. The Kier molecular flexibility index (Phi) is 66.8. The Bertz CT molecular complexity index is 1810. The fourth-order valence-electron chi connectivity index (χ4n) is 11.5. The van der Waals surface area contributed by atoms with Crippen LogP contribution in [-0.2, 0) is 65.4 Å². The predicted molar refractivity (Wildman–Crippen MR) is 382 cm³/mol. The van der Waals surface area contributed by atoms with Crippen LogP contribution in [0.15, 0.2) is 0 Å². The Balaban J connectivity index is 5.19. The molecular formula is C75H146O17P2. The maximum atomic E-state index is 13.1. The van der Waals surface area contributed by atoms with E-state index < -0.39 is 97.5 Å². The molecule has 3 N–H and O–H groups in total. The van der Waals surface area contributed by atoms with Gasteiger partial charge in [0.15, 0.2) is 12.2 Å². The smallest absolute Gasteiger partial charge is 0.462 e. The Labute approximate surface area is 575 Å². The first-order valence-electron chi connectivity index (χ1n) is 39.1. The van der Waals surface area contributed by atoms with Crippen molar-refractivity contribution in [1.29, 1.82) is 0 Å². The first-order chi connectivity index (χ1) is 45.5. The normalized spacial score (nSPS) is 14.0. The second-order valence-corrected chi connectivity index (χ2v) is 30.4. The Morgan fingerprint density at radius 1 is 0.287 bits per heavy atom. The van der Waals surface area contributed by atoms with Gasteiger partial charge in [-0.1, -0.05) is 343 Å². The summed E-state index contributed by atoms with van der Waals surface area (Å²) < 4.78 is 68.4. The van der Waals surface area contributed by atoms with Gasteiger partial charge in [-0.2, -0.15) is 0 Å². The highest BCUT2D eigenvalue weighted by atomic mass is 31.2. The van der Waals surface area contributed by atoms with E-state index >= 15 is 0 Å². The molecule has 0 radical (unpaired) electrons. The van der Waals surface area contributed by atoms with E-state index in [2.05, 4.69) is 34.6 Å². The van der Waals surface area contributed by atoms with Crippen LogP contribution in [0.25, 0.3) is 0 Å². The van der Waals surface area contributed by atoms with Gasteiger partial charge in [0.25, 0.3) is 0 Å². The van der Waals surface area contributed by atoms with Gasteiger partial charge < -0.3 is 33.8 Å². The summed E-state index contributed by atoms with van der Waals surface area (Å²) in [6.45, 7) is 7.27. The number of hydrogen-bond donors (Lipinski definition) is 3. The molecule has 5 atom stereocenters. The maximum absolute atomic E-state index is 13.1. The lowest BCUT2D eigenvalue weighted by Crippen LogP contribution is -2.30. The summed E-state index contributed by atoms with van der Waals surface area (Å²) >= 11 is 0. The molecule has 0 spiro atoms. The Hall–Kier alpha value is -1.94. The third-order valence-electron chi connectivity index (χ3n) is 17.5. The number of carbonyl (C=O) groups excluding carboxylic acids is 4. The van der Waals surface area contributed by atoms with Crippen LogP contribution in [0, 0.1) is 5.92 Å². The third-order valence-corrected chi connectivity index (χ3v) is 19.4. The van der Waals surface area contributed by atoms with E-state index in [4.69, 9.17) is 37.0 Å². The van der Waals surface area contributed by atoms with E-state index in [1.54, 1.807) is 0 Å². The van der Waals surface area contributed by atoms with Crippen LogP contribution in [0.1, 0.15) is 394 Å². The van der Waals surface area contributed by atoms with E-state index in [0.717, 1.165) is 102 Å². The van der Waals surface area contributed by atoms with Crippen LogP contribution in [0.5, 0.6) is 0 Å². The van der Waals surface area contributed by atoms with Crippen molar-refractivity contribution in [2.45, 2.75) is 412 Å². The standard InChI is InChI=1S/C75H146O17P2/c1-6-9-12-15-18-21-23-24-25-26-27-28-29-32-37-41-46-51-56-61-75(80)92-71(65-86-73(78)59-54-49-44-39-36-33-30-31-35-38-42-47-52-57-68(4)5)67-90-94(83,84)88-63-69(76)62-87-93(81,82)89-66-70(64-85-72(77)58-53-48-43-20-17-14-11-8-3)91-74(79)60-55-50-45-40-34-22-19-16-13-10-7-2/h68-71,76H,6-67H2,1-5H3,(H,81,82)(H,83,84)/t69-,70+,71+/m0/s1. The Morgan fingerprint density at radius 2 is 0.489 bits per heavy atom. The van der Waals surface area contributed by atoms with Crippen molar-refractivity contribution in [2.24, 2.45) is 5.92 Å². The van der Waals surface area contributed by atoms with Crippen LogP contribution in [0.4, 0.5) is 0 Å². The number of carbonyl (C=O) groups is 4. The van der Waals surface area contributed by atoms with E-state index in [-0.39, 0.29) is 25.7 Å². The molecule has 558 valence electrons.